The van der Waals surface area contributed by atoms with Gasteiger partial charge in [-0.05, 0) is 25.1 Å². The number of carbonyl (C=O) groups is 2. The van der Waals surface area contributed by atoms with Crippen molar-refractivity contribution in [1.82, 2.24) is 14.5 Å². The van der Waals surface area contributed by atoms with Crippen LogP contribution in [-0.2, 0) is 4.79 Å². The van der Waals surface area contributed by atoms with Crippen LogP contribution in [0.5, 0.6) is 0 Å². The van der Waals surface area contributed by atoms with Crippen LogP contribution in [0.15, 0.2) is 24.5 Å². The van der Waals surface area contributed by atoms with E-state index in [1.54, 1.807) is 38.0 Å². The molecule has 1 amide bonds. The molecule has 100 valence electrons. The number of hydrogen-bond acceptors (Lipinski definition) is 3. The number of carboxylic acids is 1. The van der Waals surface area contributed by atoms with Gasteiger partial charge in [0.15, 0.2) is 0 Å². The number of aromatic carboxylic acids is 1. The highest BCUT2D eigenvalue weighted by Crippen LogP contribution is 2.20. The van der Waals surface area contributed by atoms with E-state index in [-0.39, 0.29) is 17.5 Å². The zero-order valence-electron chi connectivity index (χ0n) is 11.0. The van der Waals surface area contributed by atoms with Crippen molar-refractivity contribution in [2.45, 2.75) is 13.0 Å². The molecule has 2 aromatic rings. The molecule has 0 spiro atoms. The highest BCUT2D eigenvalue weighted by atomic mass is 16.4. The van der Waals surface area contributed by atoms with Crippen LogP contribution in [-0.4, -0.2) is 45.5 Å². The minimum atomic E-state index is -0.992. The summed E-state index contributed by atoms with van der Waals surface area (Å²) in [5.74, 6) is -1.03. The van der Waals surface area contributed by atoms with Gasteiger partial charge in [0.25, 0.3) is 0 Å². The molecule has 1 atom stereocenters. The van der Waals surface area contributed by atoms with Crippen LogP contribution in [0.3, 0.4) is 0 Å². The number of amides is 1. The first-order valence-corrected chi connectivity index (χ1v) is 5.83. The van der Waals surface area contributed by atoms with Crippen molar-refractivity contribution in [1.29, 1.82) is 0 Å². The maximum absolute atomic E-state index is 11.9. The molecule has 19 heavy (non-hydrogen) atoms. The van der Waals surface area contributed by atoms with Gasteiger partial charge in [0.05, 0.1) is 22.9 Å². The molecule has 1 aromatic heterocycles. The van der Waals surface area contributed by atoms with Crippen LogP contribution in [0.2, 0.25) is 0 Å². The van der Waals surface area contributed by atoms with E-state index in [4.69, 9.17) is 5.11 Å². The van der Waals surface area contributed by atoms with E-state index < -0.39 is 5.97 Å². The first-order chi connectivity index (χ1) is 8.91. The summed E-state index contributed by atoms with van der Waals surface area (Å²) in [6.45, 7) is 1.79. The molecular weight excluding hydrogens is 246 g/mol. The van der Waals surface area contributed by atoms with Gasteiger partial charge in [0.1, 0.15) is 6.04 Å². The third-order valence-electron chi connectivity index (χ3n) is 3.04. The number of carboxylic acid groups (broad SMARTS) is 1. The Morgan fingerprint density at radius 1 is 1.37 bits per heavy atom. The van der Waals surface area contributed by atoms with Gasteiger partial charge >= 0.3 is 5.97 Å². The van der Waals surface area contributed by atoms with Crippen molar-refractivity contribution < 1.29 is 14.7 Å². The van der Waals surface area contributed by atoms with Gasteiger partial charge in [-0.3, -0.25) is 4.79 Å². The molecule has 0 aliphatic carbocycles. The molecule has 6 heteroatoms. The lowest BCUT2D eigenvalue weighted by Crippen LogP contribution is -2.29. The van der Waals surface area contributed by atoms with Crippen LogP contribution in [0.4, 0.5) is 0 Å². The Morgan fingerprint density at radius 2 is 2.05 bits per heavy atom. The highest BCUT2D eigenvalue weighted by molar-refractivity contribution is 5.92. The van der Waals surface area contributed by atoms with Crippen molar-refractivity contribution in [3.05, 3.63) is 30.1 Å². The summed E-state index contributed by atoms with van der Waals surface area (Å²) in [5.41, 5.74) is 1.50. The average Bonchev–Trinajstić information content (AvgIpc) is 2.79. The molecule has 0 aliphatic heterocycles. The minimum absolute atomic E-state index is 0.0402. The Bertz CT molecular complexity index is 646. The number of likely N-dealkylation sites (N-methyl/N-ethyl adjacent to an activating group) is 1. The maximum atomic E-state index is 11.9. The SMILES string of the molecule is CC(C(=O)N(C)C)n1cnc2cc(C(=O)O)ccc21. The van der Waals surface area contributed by atoms with Crippen molar-refractivity contribution in [3.63, 3.8) is 0 Å². The predicted octanol–water partition coefficient (Wildman–Crippen LogP) is 1.38. The maximum Gasteiger partial charge on any atom is 0.335 e. The van der Waals surface area contributed by atoms with Crippen LogP contribution >= 0.6 is 0 Å². The molecule has 0 bridgehead atoms. The summed E-state index contributed by atoms with van der Waals surface area (Å²) in [7, 11) is 3.39. The number of fused-ring (bicyclic) bond motifs is 1. The standard InChI is InChI=1S/C13H15N3O3/c1-8(12(17)15(2)3)16-7-14-10-6-9(13(18)19)4-5-11(10)16/h4-8H,1-3H3,(H,18,19). The topological polar surface area (TPSA) is 75.4 Å². The second-order valence-corrected chi connectivity index (χ2v) is 4.57. The Morgan fingerprint density at radius 3 is 2.63 bits per heavy atom. The van der Waals surface area contributed by atoms with Crippen LogP contribution in [0, 0.1) is 0 Å². The molecule has 0 aliphatic rings. The van der Waals surface area contributed by atoms with Crippen molar-refractivity contribution in [3.8, 4) is 0 Å². The van der Waals surface area contributed by atoms with E-state index in [9.17, 15) is 9.59 Å². The fourth-order valence-electron chi connectivity index (χ4n) is 1.97. The number of imidazole rings is 1. The summed E-state index contributed by atoms with van der Waals surface area (Å²) in [4.78, 5) is 28.5. The molecule has 1 N–H and O–H groups in total. The number of carbonyl (C=O) groups excluding carboxylic acids is 1. The zero-order valence-corrected chi connectivity index (χ0v) is 11.0. The molecule has 1 heterocycles. The van der Waals surface area contributed by atoms with Gasteiger partial charge in [-0.1, -0.05) is 0 Å². The summed E-state index contributed by atoms with van der Waals surface area (Å²) < 4.78 is 1.74. The predicted molar refractivity (Wildman–Crippen MR) is 70.1 cm³/mol. The third-order valence-corrected chi connectivity index (χ3v) is 3.04. The summed E-state index contributed by atoms with van der Waals surface area (Å²) in [5, 5.41) is 8.93. The Balaban J connectivity index is 2.46. The van der Waals surface area contributed by atoms with Gasteiger partial charge in [-0.2, -0.15) is 0 Å². The lowest BCUT2D eigenvalue weighted by molar-refractivity contribution is -0.131. The first-order valence-electron chi connectivity index (χ1n) is 5.83. The van der Waals surface area contributed by atoms with Gasteiger partial charge in [0, 0.05) is 14.1 Å². The highest BCUT2D eigenvalue weighted by Gasteiger charge is 2.19. The number of hydrogen-bond donors (Lipinski definition) is 1. The van der Waals surface area contributed by atoms with Gasteiger partial charge in [-0.15, -0.1) is 0 Å². The molecular formula is C13H15N3O3. The molecule has 6 nitrogen and oxygen atoms in total. The van der Waals surface area contributed by atoms with Crippen LogP contribution < -0.4 is 0 Å². The van der Waals surface area contributed by atoms with Crippen molar-refractivity contribution >= 4 is 22.9 Å². The molecule has 0 saturated carbocycles. The molecule has 0 saturated heterocycles. The number of rotatable bonds is 3. The van der Waals surface area contributed by atoms with Crippen molar-refractivity contribution in [2.75, 3.05) is 14.1 Å². The van der Waals surface area contributed by atoms with Gasteiger partial charge < -0.3 is 14.6 Å². The fraction of sp³-hybridized carbons (Fsp3) is 0.308. The Labute approximate surface area is 110 Å². The molecule has 2 rings (SSSR count). The Kier molecular flexibility index (Phi) is 3.25. The third kappa shape index (κ3) is 2.29. The minimum Gasteiger partial charge on any atom is -0.478 e. The number of benzene rings is 1. The summed E-state index contributed by atoms with van der Waals surface area (Å²) in [6.07, 6.45) is 1.56. The lowest BCUT2D eigenvalue weighted by Gasteiger charge is -2.18. The molecule has 1 unspecified atom stereocenters. The number of nitrogens with zero attached hydrogens (tertiary/aromatic N) is 3. The zero-order chi connectivity index (χ0) is 14.2. The smallest absolute Gasteiger partial charge is 0.335 e. The number of aromatic nitrogens is 2. The van der Waals surface area contributed by atoms with Gasteiger partial charge in [-0.25, -0.2) is 9.78 Å². The largest absolute Gasteiger partial charge is 0.478 e. The van der Waals surface area contributed by atoms with E-state index in [1.807, 2.05) is 0 Å². The van der Waals surface area contributed by atoms with E-state index >= 15 is 0 Å². The second-order valence-electron chi connectivity index (χ2n) is 4.57. The molecule has 0 fully saturated rings. The average molecular weight is 261 g/mol. The fourth-order valence-corrected chi connectivity index (χ4v) is 1.97. The van der Waals surface area contributed by atoms with Crippen LogP contribution in [0.25, 0.3) is 11.0 Å². The van der Waals surface area contributed by atoms with E-state index in [0.717, 1.165) is 5.52 Å². The van der Waals surface area contributed by atoms with Gasteiger partial charge in [0.2, 0.25) is 5.91 Å². The second kappa shape index (κ2) is 4.72. The molecule has 1 aromatic carbocycles. The van der Waals surface area contributed by atoms with E-state index in [0.29, 0.717) is 5.52 Å². The first kappa shape index (κ1) is 13.1. The Hall–Kier alpha value is -2.37. The van der Waals surface area contributed by atoms with Crippen molar-refractivity contribution in [2.24, 2.45) is 0 Å². The monoisotopic (exact) mass is 261 g/mol. The summed E-state index contributed by atoms with van der Waals surface area (Å²) in [6, 6.07) is 4.30. The quantitative estimate of drug-likeness (QED) is 0.905. The van der Waals surface area contributed by atoms with Crippen LogP contribution in [0.1, 0.15) is 23.3 Å². The van der Waals surface area contributed by atoms with E-state index in [2.05, 4.69) is 4.98 Å². The summed E-state index contributed by atoms with van der Waals surface area (Å²) >= 11 is 0. The lowest BCUT2D eigenvalue weighted by atomic mass is 10.2. The molecule has 0 radical (unpaired) electrons. The normalized spacial score (nSPS) is 12.4. The van der Waals surface area contributed by atoms with E-state index in [1.165, 1.54) is 17.0 Å².